The average Bonchev–Trinajstić information content (AvgIpc) is 2.97. The van der Waals surface area contributed by atoms with Gasteiger partial charge in [0.15, 0.2) is 0 Å². The smallest absolute Gasteiger partial charge is 0.273 e. The van der Waals surface area contributed by atoms with Crippen molar-refractivity contribution >= 4 is 29.1 Å². The summed E-state index contributed by atoms with van der Waals surface area (Å²) in [5, 5.41) is 24.3. The third kappa shape index (κ3) is 3.15. The van der Waals surface area contributed by atoms with Crippen LogP contribution in [0.25, 0.3) is 0 Å². The fraction of sp³-hybridized carbons (Fsp3) is 0.250. The molecule has 0 spiro atoms. The van der Waals surface area contributed by atoms with Crippen LogP contribution in [0.1, 0.15) is 16.9 Å². The van der Waals surface area contributed by atoms with E-state index in [2.05, 4.69) is 25.6 Å². The van der Waals surface area contributed by atoms with Crippen LogP contribution in [0.3, 0.4) is 0 Å². The molecule has 26 heavy (non-hydrogen) atoms. The first kappa shape index (κ1) is 17.2. The van der Waals surface area contributed by atoms with Gasteiger partial charge >= 0.3 is 0 Å². The summed E-state index contributed by atoms with van der Waals surface area (Å²) >= 11 is 0. The fourth-order valence-electron chi connectivity index (χ4n) is 2.48. The van der Waals surface area contributed by atoms with E-state index in [-0.39, 0.29) is 24.6 Å². The van der Waals surface area contributed by atoms with Crippen LogP contribution < -0.4 is 15.5 Å². The summed E-state index contributed by atoms with van der Waals surface area (Å²) in [4.78, 5) is 37.2. The number of hydrogen-bond acceptors (Lipinski definition) is 8. The molecule has 1 aliphatic rings. The molecule has 0 radical (unpaired) electrons. The Morgan fingerprint density at radius 1 is 1.35 bits per heavy atom. The number of aromatic nitrogens is 3. The van der Waals surface area contributed by atoms with Gasteiger partial charge in [0.25, 0.3) is 11.8 Å². The topological polar surface area (TPSA) is 144 Å². The Morgan fingerprint density at radius 2 is 2.15 bits per heavy atom. The number of hydrogen-bond donors (Lipinski definition) is 3. The van der Waals surface area contributed by atoms with Gasteiger partial charge in [0.05, 0.1) is 12.4 Å². The van der Waals surface area contributed by atoms with Crippen LogP contribution in [0.15, 0.2) is 30.7 Å². The summed E-state index contributed by atoms with van der Waals surface area (Å²) in [7, 11) is 1.50. The quantitative estimate of drug-likeness (QED) is 0.650. The summed E-state index contributed by atoms with van der Waals surface area (Å²) in [5.41, 5.74) is -1.32. The van der Waals surface area contributed by atoms with Crippen LogP contribution in [-0.4, -0.2) is 51.1 Å². The second-order valence-electron chi connectivity index (χ2n) is 5.57. The number of rotatable bonds is 4. The molecule has 1 fully saturated rings. The molecule has 0 aliphatic carbocycles. The highest BCUT2D eigenvalue weighted by molar-refractivity contribution is 6.03. The number of carbonyl (C=O) groups is 2. The fourth-order valence-corrected chi connectivity index (χ4v) is 2.48. The molecular formula is C16H15N7O3. The maximum Gasteiger partial charge on any atom is 0.273 e. The second kappa shape index (κ2) is 6.73. The molecule has 0 saturated carbocycles. The Balaban J connectivity index is 1.77. The van der Waals surface area contributed by atoms with Crippen molar-refractivity contribution in [3.63, 3.8) is 0 Å². The van der Waals surface area contributed by atoms with Gasteiger partial charge in [-0.05, 0) is 6.07 Å². The number of nitrogens with zero attached hydrogens (tertiary/aromatic N) is 5. The molecule has 2 aromatic rings. The largest absolute Gasteiger partial charge is 0.368 e. The first-order valence-electron chi connectivity index (χ1n) is 7.69. The first-order chi connectivity index (χ1) is 12.5. The van der Waals surface area contributed by atoms with Crippen LogP contribution in [0.2, 0.25) is 0 Å². The van der Waals surface area contributed by atoms with Gasteiger partial charge < -0.3 is 20.6 Å². The normalized spacial score (nSPS) is 19.1. The van der Waals surface area contributed by atoms with Crippen molar-refractivity contribution in [3.8, 4) is 6.07 Å². The van der Waals surface area contributed by atoms with Crippen LogP contribution >= 0.6 is 0 Å². The third-order valence-electron chi connectivity index (χ3n) is 3.90. The van der Waals surface area contributed by atoms with Crippen molar-refractivity contribution in [2.24, 2.45) is 0 Å². The molecule has 0 bridgehead atoms. The van der Waals surface area contributed by atoms with Crippen LogP contribution in [-0.2, 0) is 4.79 Å². The maximum absolute atomic E-state index is 12.2. The molecule has 1 atom stereocenters. The Labute approximate surface area is 148 Å². The molecule has 2 amide bonds. The molecule has 0 unspecified atom stereocenters. The lowest BCUT2D eigenvalue weighted by atomic mass is 10.1. The van der Waals surface area contributed by atoms with E-state index >= 15 is 0 Å². The van der Waals surface area contributed by atoms with Crippen molar-refractivity contribution in [2.75, 3.05) is 23.8 Å². The van der Waals surface area contributed by atoms with Crippen LogP contribution in [0.4, 0.5) is 17.3 Å². The van der Waals surface area contributed by atoms with Gasteiger partial charge in [-0.25, -0.2) is 15.0 Å². The van der Waals surface area contributed by atoms with Gasteiger partial charge in [-0.3, -0.25) is 9.59 Å². The number of anilines is 3. The number of carbonyl (C=O) groups excluding carboxylic acids is 2. The van der Waals surface area contributed by atoms with Crippen molar-refractivity contribution in [3.05, 3.63) is 36.4 Å². The van der Waals surface area contributed by atoms with Gasteiger partial charge in [0.1, 0.15) is 23.4 Å². The highest BCUT2D eigenvalue weighted by Crippen LogP contribution is 2.29. The number of nitriles is 1. The first-order valence-corrected chi connectivity index (χ1v) is 7.69. The van der Waals surface area contributed by atoms with E-state index in [0.717, 1.165) is 0 Å². The van der Waals surface area contributed by atoms with Crippen LogP contribution in [0, 0.1) is 11.3 Å². The molecule has 132 valence electrons. The molecule has 1 saturated heterocycles. The molecule has 10 nitrogen and oxygen atoms in total. The highest BCUT2D eigenvalue weighted by Gasteiger charge is 2.46. The minimum absolute atomic E-state index is 0.0415. The minimum Gasteiger partial charge on any atom is -0.368 e. The van der Waals surface area contributed by atoms with Gasteiger partial charge in [-0.1, -0.05) is 0 Å². The van der Waals surface area contributed by atoms with Crippen molar-refractivity contribution in [1.29, 1.82) is 5.26 Å². The lowest BCUT2D eigenvalue weighted by molar-refractivity contribution is -0.128. The van der Waals surface area contributed by atoms with E-state index in [4.69, 9.17) is 5.26 Å². The standard InChI is InChI=1S/C16H15N7O3/c1-18-14(24)11-7-21-13(8-20-11)22-12-6-10(2-4-19-12)23-5-3-16(26,9-17)15(23)25/h2,4,6-8,26H,3,5H2,1H3,(H,18,24)(H,19,21,22)/t16-/m0/s1. The van der Waals surface area contributed by atoms with E-state index in [1.807, 2.05) is 0 Å². The Kier molecular flexibility index (Phi) is 4.47. The number of nitrogens with one attached hydrogen (secondary N) is 2. The summed E-state index contributed by atoms with van der Waals surface area (Å²) < 4.78 is 0. The zero-order chi connectivity index (χ0) is 18.7. The van der Waals surface area contributed by atoms with Gasteiger partial charge in [-0.2, -0.15) is 5.26 Å². The zero-order valence-electron chi connectivity index (χ0n) is 13.8. The zero-order valence-corrected chi connectivity index (χ0v) is 13.8. The summed E-state index contributed by atoms with van der Waals surface area (Å²) in [6.07, 6.45) is 4.23. The molecule has 2 aromatic heterocycles. The van der Waals surface area contributed by atoms with E-state index in [0.29, 0.717) is 17.3 Å². The molecule has 3 N–H and O–H groups in total. The predicted octanol–water partition coefficient (Wildman–Crippen LogP) is -0.0338. The van der Waals surface area contributed by atoms with Gasteiger partial charge in [-0.15, -0.1) is 0 Å². The SMILES string of the molecule is CNC(=O)c1cnc(Nc2cc(N3CC[C@](O)(C#N)C3=O)ccn2)cn1. The summed E-state index contributed by atoms with van der Waals surface area (Å²) in [6, 6.07) is 4.84. The average molecular weight is 353 g/mol. The van der Waals surface area contributed by atoms with Crippen LogP contribution in [0.5, 0.6) is 0 Å². The third-order valence-corrected chi connectivity index (χ3v) is 3.90. The Morgan fingerprint density at radius 3 is 2.77 bits per heavy atom. The molecule has 3 rings (SSSR count). The molecular weight excluding hydrogens is 338 g/mol. The predicted molar refractivity (Wildman–Crippen MR) is 90.5 cm³/mol. The monoisotopic (exact) mass is 353 g/mol. The van der Waals surface area contributed by atoms with Gasteiger partial charge in [0, 0.05) is 38.0 Å². The lowest BCUT2D eigenvalue weighted by Crippen LogP contribution is -2.38. The Bertz CT molecular complexity index is 893. The summed E-state index contributed by atoms with van der Waals surface area (Å²) in [6.45, 7) is 0.229. The number of amides is 2. The van der Waals surface area contributed by atoms with Gasteiger partial charge in [0.2, 0.25) is 5.60 Å². The lowest BCUT2D eigenvalue weighted by Gasteiger charge is -2.18. The van der Waals surface area contributed by atoms with E-state index < -0.39 is 11.5 Å². The molecule has 1 aliphatic heterocycles. The maximum atomic E-state index is 12.2. The van der Waals surface area contributed by atoms with Crippen molar-refractivity contribution in [2.45, 2.75) is 12.0 Å². The van der Waals surface area contributed by atoms with E-state index in [1.165, 1.54) is 30.5 Å². The van der Waals surface area contributed by atoms with E-state index in [1.54, 1.807) is 18.2 Å². The minimum atomic E-state index is -1.99. The molecule has 3 heterocycles. The Hall–Kier alpha value is -3.58. The molecule has 0 aromatic carbocycles. The van der Waals surface area contributed by atoms with Crippen molar-refractivity contribution < 1.29 is 14.7 Å². The molecule has 10 heteroatoms. The van der Waals surface area contributed by atoms with E-state index in [9.17, 15) is 14.7 Å². The number of aliphatic hydroxyl groups is 1. The number of pyridine rings is 1. The van der Waals surface area contributed by atoms with Crippen molar-refractivity contribution in [1.82, 2.24) is 20.3 Å². The summed E-state index contributed by atoms with van der Waals surface area (Å²) in [5.74, 6) is -0.248. The highest BCUT2D eigenvalue weighted by atomic mass is 16.3. The second-order valence-corrected chi connectivity index (χ2v) is 5.57.